The Morgan fingerprint density at radius 1 is 1.12 bits per heavy atom. The molecule has 0 aliphatic heterocycles. The number of aryl methyl sites for hydroxylation is 2. The first-order valence-corrected chi connectivity index (χ1v) is 11.0. The van der Waals surface area contributed by atoms with Gasteiger partial charge in [-0.2, -0.15) is 0 Å². The number of amides is 1. The van der Waals surface area contributed by atoms with Crippen molar-refractivity contribution < 1.29 is 13.9 Å². The summed E-state index contributed by atoms with van der Waals surface area (Å²) in [6, 6.07) is 15.3. The molecule has 0 aliphatic rings. The van der Waals surface area contributed by atoms with Crippen molar-refractivity contribution >= 4 is 43.6 Å². The fraction of sp³-hybridized carbons (Fsp3) is 0.160. The predicted molar refractivity (Wildman–Crippen MR) is 127 cm³/mol. The summed E-state index contributed by atoms with van der Waals surface area (Å²) in [5, 5.41) is 1.43. The van der Waals surface area contributed by atoms with Gasteiger partial charge < -0.3 is 9.15 Å². The van der Waals surface area contributed by atoms with Gasteiger partial charge in [0, 0.05) is 17.8 Å². The van der Waals surface area contributed by atoms with Gasteiger partial charge >= 0.3 is 0 Å². The zero-order chi connectivity index (χ0) is 22.2. The quantitative estimate of drug-likeness (QED) is 0.338. The largest absolute Gasteiger partial charge is 0.493 e. The van der Waals surface area contributed by atoms with Gasteiger partial charge in [-0.25, -0.2) is 4.98 Å². The maximum atomic E-state index is 13.7. The number of hydrogen-bond donors (Lipinski definition) is 0. The van der Waals surface area contributed by atoms with Crippen molar-refractivity contribution in [3.8, 4) is 5.75 Å². The highest BCUT2D eigenvalue weighted by atomic mass is 32.1. The minimum Gasteiger partial charge on any atom is -0.493 e. The number of methoxy groups -OCH3 is 1. The molecule has 0 N–H and O–H groups in total. The minimum absolute atomic E-state index is 0.237. The van der Waals surface area contributed by atoms with Crippen LogP contribution >= 0.6 is 11.3 Å². The van der Waals surface area contributed by atoms with Gasteiger partial charge in [-0.1, -0.05) is 41.7 Å². The first kappa shape index (κ1) is 20.2. The topological polar surface area (TPSA) is 68.5 Å². The van der Waals surface area contributed by atoms with E-state index in [-0.39, 0.29) is 11.7 Å². The molecule has 0 unspecified atom stereocenters. The number of para-hydroxylation sites is 1. The SMILES string of the molecule is COc1cccc2cc(C(=O)N(Cc3cccnc3)c3nc4c(C)ccc(C)c4s3)oc12. The summed E-state index contributed by atoms with van der Waals surface area (Å²) < 4.78 is 12.4. The molecule has 0 atom stereocenters. The van der Waals surface area contributed by atoms with Gasteiger partial charge in [-0.3, -0.25) is 14.7 Å². The Hall–Kier alpha value is -3.71. The Labute approximate surface area is 189 Å². The van der Waals surface area contributed by atoms with Crippen molar-refractivity contribution in [3.63, 3.8) is 0 Å². The van der Waals surface area contributed by atoms with E-state index in [2.05, 4.69) is 24.0 Å². The van der Waals surface area contributed by atoms with Crippen molar-refractivity contribution in [2.45, 2.75) is 20.4 Å². The average molecular weight is 444 g/mol. The smallest absolute Gasteiger partial charge is 0.296 e. The molecule has 5 aromatic rings. The lowest BCUT2D eigenvalue weighted by molar-refractivity contribution is 0.0960. The normalized spacial score (nSPS) is 11.2. The summed E-state index contributed by atoms with van der Waals surface area (Å²) in [5.41, 5.74) is 4.59. The van der Waals surface area contributed by atoms with Crippen LogP contribution in [0.3, 0.4) is 0 Å². The van der Waals surface area contributed by atoms with Gasteiger partial charge in [0.2, 0.25) is 0 Å². The van der Waals surface area contributed by atoms with Crippen LogP contribution < -0.4 is 9.64 Å². The molecule has 0 spiro atoms. The Balaban J connectivity index is 1.62. The standard InChI is InChI=1S/C25H21N3O3S/c1-15-9-10-16(2)23-21(15)27-25(32-23)28(14-17-6-5-11-26-13-17)24(29)20-12-18-7-4-8-19(30-3)22(18)31-20/h4-13H,14H2,1-3H3. The Morgan fingerprint density at radius 2 is 1.97 bits per heavy atom. The van der Waals surface area contributed by atoms with E-state index in [0.717, 1.165) is 32.3 Å². The van der Waals surface area contributed by atoms with Crippen molar-refractivity contribution in [1.82, 2.24) is 9.97 Å². The van der Waals surface area contributed by atoms with E-state index >= 15 is 0 Å². The molecule has 160 valence electrons. The lowest BCUT2D eigenvalue weighted by Gasteiger charge is -2.18. The van der Waals surface area contributed by atoms with Crippen LogP contribution in [0.1, 0.15) is 27.2 Å². The zero-order valence-electron chi connectivity index (χ0n) is 18.0. The first-order valence-electron chi connectivity index (χ1n) is 10.2. The van der Waals surface area contributed by atoms with Crippen LogP contribution in [0.15, 0.2) is 65.3 Å². The number of carbonyl (C=O) groups is 1. The van der Waals surface area contributed by atoms with Crippen LogP contribution in [-0.4, -0.2) is 23.0 Å². The molecule has 0 saturated carbocycles. The van der Waals surface area contributed by atoms with Gasteiger partial charge in [0.1, 0.15) is 0 Å². The zero-order valence-corrected chi connectivity index (χ0v) is 18.8. The molecule has 3 heterocycles. The number of rotatable bonds is 5. The monoisotopic (exact) mass is 443 g/mol. The summed E-state index contributed by atoms with van der Waals surface area (Å²) >= 11 is 1.51. The maximum absolute atomic E-state index is 13.7. The van der Waals surface area contributed by atoms with Crippen LogP contribution in [-0.2, 0) is 6.54 Å². The van der Waals surface area contributed by atoms with Crippen LogP contribution in [0.25, 0.3) is 21.2 Å². The fourth-order valence-corrected chi connectivity index (χ4v) is 4.81. The van der Waals surface area contributed by atoms with Crippen LogP contribution in [0, 0.1) is 13.8 Å². The molecule has 5 rings (SSSR count). The highest BCUT2D eigenvalue weighted by Gasteiger charge is 2.26. The third-order valence-corrected chi connectivity index (χ3v) is 6.62. The van der Waals surface area contributed by atoms with E-state index in [1.165, 1.54) is 11.3 Å². The molecule has 1 amide bonds. The van der Waals surface area contributed by atoms with Crippen LogP contribution in [0.5, 0.6) is 5.75 Å². The van der Waals surface area contributed by atoms with Gasteiger partial charge in [-0.15, -0.1) is 0 Å². The predicted octanol–water partition coefficient (Wildman–Crippen LogP) is 5.91. The Kier molecular flexibility index (Phi) is 5.11. The third kappa shape index (κ3) is 3.50. The van der Waals surface area contributed by atoms with Crippen molar-refractivity contribution in [2.75, 3.05) is 12.0 Å². The van der Waals surface area contributed by atoms with Gasteiger partial charge in [0.25, 0.3) is 5.91 Å². The number of anilines is 1. The van der Waals surface area contributed by atoms with E-state index in [1.807, 2.05) is 37.3 Å². The highest BCUT2D eigenvalue weighted by Crippen LogP contribution is 2.35. The maximum Gasteiger partial charge on any atom is 0.296 e. The van der Waals surface area contributed by atoms with E-state index in [4.69, 9.17) is 14.1 Å². The fourth-order valence-electron chi connectivity index (χ4n) is 3.70. The lowest BCUT2D eigenvalue weighted by Crippen LogP contribution is -2.30. The number of thiazole rings is 1. The number of hydrogen-bond acceptors (Lipinski definition) is 6. The number of carbonyl (C=O) groups excluding carboxylic acids is 1. The van der Waals surface area contributed by atoms with Gasteiger partial charge in [-0.05, 0) is 48.7 Å². The number of benzene rings is 2. The van der Waals surface area contributed by atoms with E-state index < -0.39 is 0 Å². The number of pyridine rings is 1. The highest BCUT2D eigenvalue weighted by molar-refractivity contribution is 7.22. The summed E-state index contributed by atoms with van der Waals surface area (Å²) in [7, 11) is 1.58. The average Bonchev–Trinajstić information content (AvgIpc) is 3.45. The van der Waals surface area contributed by atoms with E-state index in [0.29, 0.717) is 23.0 Å². The Bertz CT molecular complexity index is 1400. The second-order valence-electron chi connectivity index (χ2n) is 7.62. The molecule has 6 nitrogen and oxygen atoms in total. The number of fused-ring (bicyclic) bond motifs is 2. The molecule has 3 aromatic heterocycles. The number of aromatic nitrogens is 2. The molecule has 0 saturated heterocycles. The number of furan rings is 1. The molecule has 0 aliphatic carbocycles. The molecule has 7 heteroatoms. The molecular weight excluding hydrogens is 422 g/mol. The first-order chi connectivity index (χ1) is 15.5. The molecule has 0 bridgehead atoms. The molecule has 0 fully saturated rings. The third-order valence-electron chi connectivity index (χ3n) is 5.41. The van der Waals surface area contributed by atoms with Crippen molar-refractivity contribution in [2.24, 2.45) is 0 Å². The van der Waals surface area contributed by atoms with Crippen LogP contribution in [0.2, 0.25) is 0 Å². The molecular formula is C25H21N3O3S. The van der Waals surface area contributed by atoms with E-state index in [9.17, 15) is 4.79 Å². The van der Waals surface area contributed by atoms with Gasteiger partial charge in [0.15, 0.2) is 22.2 Å². The van der Waals surface area contributed by atoms with Crippen molar-refractivity contribution in [1.29, 1.82) is 0 Å². The summed E-state index contributed by atoms with van der Waals surface area (Å²) in [4.78, 5) is 24.4. The minimum atomic E-state index is -0.263. The number of nitrogens with zero attached hydrogens (tertiary/aromatic N) is 3. The molecule has 32 heavy (non-hydrogen) atoms. The molecule has 2 aromatic carbocycles. The second-order valence-corrected chi connectivity index (χ2v) is 8.59. The van der Waals surface area contributed by atoms with Crippen molar-refractivity contribution in [3.05, 3.63) is 83.4 Å². The summed E-state index contributed by atoms with van der Waals surface area (Å²) in [5.74, 6) is 0.564. The molecule has 0 radical (unpaired) electrons. The number of ether oxygens (including phenoxy) is 1. The lowest BCUT2D eigenvalue weighted by atomic mass is 10.1. The second kappa shape index (κ2) is 8.09. The summed E-state index contributed by atoms with van der Waals surface area (Å²) in [6.45, 7) is 4.42. The van der Waals surface area contributed by atoms with Crippen LogP contribution in [0.4, 0.5) is 5.13 Å². The summed E-state index contributed by atoms with van der Waals surface area (Å²) in [6.07, 6.45) is 3.47. The Morgan fingerprint density at radius 3 is 2.72 bits per heavy atom. The van der Waals surface area contributed by atoms with E-state index in [1.54, 1.807) is 30.5 Å². The van der Waals surface area contributed by atoms with Gasteiger partial charge in [0.05, 0.1) is 23.9 Å².